The van der Waals surface area contributed by atoms with Crippen LogP contribution in [0.4, 0.5) is 0 Å². The maximum atomic E-state index is 13.1. The molecule has 1 aliphatic rings. The Labute approximate surface area is 247 Å². The molecule has 0 spiro atoms. The number of nitrogens with one attached hydrogen (secondary N) is 5. The molecule has 0 fully saturated rings. The molecule has 1 aromatic rings. The maximum Gasteiger partial charge on any atom is 0.326 e. The van der Waals surface area contributed by atoms with Gasteiger partial charge in [0.1, 0.15) is 30.2 Å². The average molecular weight is 609 g/mol. The van der Waals surface area contributed by atoms with E-state index in [2.05, 4.69) is 21.3 Å². The summed E-state index contributed by atoms with van der Waals surface area (Å²) >= 11 is 1.42. The molecule has 6 atom stereocenters. The van der Waals surface area contributed by atoms with Crippen molar-refractivity contribution < 1.29 is 34.2 Å². The first-order chi connectivity index (χ1) is 19.6. The number of aliphatic hydroxyl groups excluding tert-OH is 1. The van der Waals surface area contributed by atoms with Crippen LogP contribution >= 0.6 is 11.3 Å². The van der Waals surface area contributed by atoms with E-state index in [1.165, 1.54) is 32.1 Å². The highest BCUT2D eigenvalue weighted by molar-refractivity contribution is 7.11. The number of rotatable bonds is 14. The van der Waals surface area contributed by atoms with Crippen molar-refractivity contribution in [3.63, 3.8) is 0 Å². The Morgan fingerprint density at radius 2 is 1.52 bits per heavy atom. The summed E-state index contributed by atoms with van der Waals surface area (Å²) in [4.78, 5) is 66.1. The van der Waals surface area contributed by atoms with Gasteiger partial charge in [-0.25, -0.2) is 4.79 Å². The minimum Gasteiger partial charge on any atom is -0.480 e. The Kier molecular flexibility index (Phi) is 12.4. The van der Waals surface area contributed by atoms with Crippen LogP contribution in [-0.2, 0) is 30.4 Å². The number of carbonyl (C=O) groups excluding carboxylic acids is 4. The molecule has 11 N–H and O–H groups in total. The molecule has 1 aliphatic heterocycles. The van der Waals surface area contributed by atoms with Crippen LogP contribution in [0.3, 0.4) is 0 Å². The van der Waals surface area contributed by atoms with Crippen LogP contribution in [0.5, 0.6) is 0 Å². The number of nitrogens with zero attached hydrogens (tertiary/aromatic N) is 1. The molecule has 2 heterocycles. The van der Waals surface area contributed by atoms with E-state index in [-0.39, 0.29) is 25.3 Å². The lowest BCUT2D eigenvalue weighted by atomic mass is 10.0. The molecule has 0 aromatic carbocycles. The second kappa shape index (κ2) is 15.3. The van der Waals surface area contributed by atoms with Crippen LogP contribution in [0.15, 0.2) is 23.8 Å². The lowest BCUT2D eigenvalue weighted by Gasteiger charge is -2.25. The first kappa shape index (κ1) is 34.2. The summed E-state index contributed by atoms with van der Waals surface area (Å²) in [6, 6.07) is -2.30. The largest absolute Gasteiger partial charge is 0.480 e. The van der Waals surface area contributed by atoms with Crippen molar-refractivity contribution in [2.75, 3.05) is 13.1 Å². The van der Waals surface area contributed by atoms with Crippen LogP contribution in [0.1, 0.15) is 36.9 Å². The Morgan fingerprint density at radius 1 is 0.952 bits per heavy atom. The van der Waals surface area contributed by atoms with Crippen LogP contribution in [0.25, 0.3) is 0 Å². The van der Waals surface area contributed by atoms with Crippen molar-refractivity contribution >= 4 is 46.9 Å². The SMILES string of the molecule is Cc1ccc(CC(NC(=O)C(C)NC(=O)C(C)NC(=O)C(CC2=CCN(C(=N)N)C2)NC(=O)C(N)C(C)O)C(=O)O)s1. The molecule has 0 radical (unpaired) electrons. The molecular weight excluding hydrogens is 568 g/mol. The summed E-state index contributed by atoms with van der Waals surface area (Å²) in [5.41, 5.74) is 11.9. The highest BCUT2D eigenvalue weighted by Crippen LogP contribution is 2.17. The number of carbonyl (C=O) groups is 5. The van der Waals surface area contributed by atoms with Gasteiger partial charge in [0.2, 0.25) is 23.6 Å². The van der Waals surface area contributed by atoms with Crippen molar-refractivity contribution in [2.24, 2.45) is 11.5 Å². The number of aliphatic carboxylic acids is 1. The summed E-state index contributed by atoms with van der Waals surface area (Å²) in [5.74, 6) is -4.31. The predicted molar refractivity (Wildman–Crippen MR) is 155 cm³/mol. The fourth-order valence-electron chi connectivity index (χ4n) is 3.98. The fourth-order valence-corrected chi connectivity index (χ4v) is 4.92. The van der Waals surface area contributed by atoms with Crippen LogP contribution in [0.2, 0.25) is 0 Å². The van der Waals surface area contributed by atoms with Crippen molar-refractivity contribution in [2.45, 2.75) is 76.8 Å². The van der Waals surface area contributed by atoms with Gasteiger partial charge in [0.05, 0.1) is 6.10 Å². The number of thiophene rings is 1. The number of hydrogen-bond donors (Lipinski definition) is 9. The summed E-state index contributed by atoms with van der Waals surface area (Å²) in [7, 11) is 0. The van der Waals surface area contributed by atoms with Crippen molar-refractivity contribution in [3.8, 4) is 0 Å². The standard InChI is InChI=1S/C26H40N8O7S/c1-12-5-6-17(42-12)10-19(25(40)41)33-22(37)14(3)30-21(36)13(2)31-23(38)18(32-24(39)20(27)15(4)35)9-16-7-8-34(11-16)26(28)29/h5-7,13-15,18-20,35H,8-11,27H2,1-4H3,(H3,28,29)(H,30,36)(H,31,38)(H,32,39)(H,33,37)(H,40,41). The van der Waals surface area contributed by atoms with Crippen molar-refractivity contribution in [1.29, 1.82) is 5.41 Å². The molecule has 42 heavy (non-hydrogen) atoms. The lowest BCUT2D eigenvalue weighted by molar-refractivity contribution is -0.142. The van der Waals surface area contributed by atoms with Crippen molar-refractivity contribution in [3.05, 3.63) is 33.5 Å². The molecule has 6 unspecified atom stereocenters. The van der Waals surface area contributed by atoms with E-state index in [4.69, 9.17) is 16.9 Å². The van der Waals surface area contributed by atoms with Gasteiger partial charge in [-0.1, -0.05) is 11.6 Å². The minimum absolute atomic E-state index is 0.0291. The lowest BCUT2D eigenvalue weighted by Crippen LogP contribution is -2.58. The molecule has 1 aromatic heterocycles. The van der Waals surface area contributed by atoms with Gasteiger partial charge in [-0.2, -0.15) is 0 Å². The zero-order valence-corrected chi connectivity index (χ0v) is 24.8. The van der Waals surface area contributed by atoms with Gasteiger partial charge >= 0.3 is 5.97 Å². The van der Waals surface area contributed by atoms with E-state index in [1.807, 2.05) is 13.0 Å². The van der Waals surface area contributed by atoms with Gasteiger partial charge < -0.3 is 47.8 Å². The summed E-state index contributed by atoms with van der Waals surface area (Å²) < 4.78 is 0. The normalized spacial score (nSPS) is 17.1. The number of aryl methyl sites for hydroxylation is 1. The average Bonchev–Trinajstić information content (AvgIpc) is 3.55. The Hall–Kier alpha value is -4.02. The van der Waals surface area contributed by atoms with E-state index in [0.717, 1.165) is 9.75 Å². The Morgan fingerprint density at radius 3 is 2.02 bits per heavy atom. The smallest absolute Gasteiger partial charge is 0.326 e. The summed E-state index contributed by atoms with van der Waals surface area (Å²) in [6.45, 7) is 6.59. The maximum absolute atomic E-state index is 13.1. The minimum atomic E-state index is -1.30. The topological polar surface area (TPSA) is 253 Å². The highest BCUT2D eigenvalue weighted by atomic mass is 32.1. The van der Waals surface area contributed by atoms with E-state index in [1.54, 1.807) is 17.0 Å². The van der Waals surface area contributed by atoms with Gasteiger partial charge in [0, 0.05) is 29.3 Å². The molecule has 15 nitrogen and oxygen atoms in total. The third-order valence-corrected chi connectivity index (χ3v) is 7.60. The monoisotopic (exact) mass is 608 g/mol. The molecule has 4 amide bonds. The second-order valence-corrected chi connectivity index (χ2v) is 11.6. The van der Waals surface area contributed by atoms with E-state index >= 15 is 0 Å². The third kappa shape index (κ3) is 10.1. The highest BCUT2D eigenvalue weighted by Gasteiger charge is 2.31. The molecular formula is C26H40N8O7S. The van der Waals surface area contributed by atoms with Crippen LogP contribution in [-0.4, -0.2) is 100 Å². The zero-order chi connectivity index (χ0) is 31.7. The second-order valence-electron chi connectivity index (χ2n) is 10.2. The number of carboxylic acids is 1. The first-order valence-corrected chi connectivity index (χ1v) is 14.1. The number of aliphatic hydroxyl groups is 1. The molecule has 0 saturated carbocycles. The number of guanidine groups is 1. The van der Waals surface area contributed by atoms with Gasteiger partial charge in [-0.05, 0) is 46.2 Å². The van der Waals surface area contributed by atoms with E-state index in [0.29, 0.717) is 12.1 Å². The van der Waals surface area contributed by atoms with Gasteiger partial charge in [-0.3, -0.25) is 24.6 Å². The van der Waals surface area contributed by atoms with Crippen LogP contribution < -0.4 is 32.7 Å². The zero-order valence-electron chi connectivity index (χ0n) is 24.0. The molecule has 0 bridgehead atoms. The Bertz CT molecular complexity index is 1220. The van der Waals surface area contributed by atoms with Crippen LogP contribution in [0, 0.1) is 12.3 Å². The van der Waals surface area contributed by atoms with Crippen molar-refractivity contribution in [1.82, 2.24) is 26.2 Å². The number of carboxylic acid groups (broad SMARTS) is 1. The van der Waals surface area contributed by atoms with Gasteiger partial charge in [0.15, 0.2) is 5.96 Å². The quantitative estimate of drug-likeness (QED) is 0.0631. The number of amides is 4. The van der Waals surface area contributed by atoms with Gasteiger partial charge in [-0.15, -0.1) is 11.3 Å². The molecule has 232 valence electrons. The third-order valence-electron chi connectivity index (χ3n) is 6.58. The summed E-state index contributed by atoms with van der Waals surface area (Å²) in [6.07, 6.45) is 0.698. The number of nitrogens with two attached hydrogens (primary N) is 2. The summed E-state index contributed by atoms with van der Waals surface area (Å²) in [5, 5.41) is 36.7. The fraction of sp³-hybridized carbons (Fsp3) is 0.538. The molecule has 0 aliphatic carbocycles. The molecule has 0 saturated heterocycles. The number of hydrogen-bond acceptors (Lipinski definition) is 9. The first-order valence-electron chi connectivity index (χ1n) is 13.3. The Balaban J connectivity index is 2.01. The molecule has 2 rings (SSSR count). The van der Waals surface area contributed by atoms with Gasteiger partial charge in [0.25, 0.3) is 0 Å². The molecule has 16 heteroatoms. The predicted octanol–water partition coefficient (Wildman–Crippen LogP) is -2.10. The van der Waals surface area contributed by atoms with E-state index in [9.17, 15) is 34.2 Å². The van der Waals surface area contributed by atoms with E-state index < -0.39 is 65.9 Å².